The van der Waals surface area contributed by atoms with Crippen LogP contribution in [0.15, 0.2) is 23.2 Å². The summed E-state index contributed by atoms with van der Waals surface area (Å²) in [6.07, 6.45) is 2.02. The number of nitrogens with zero attached hydrogens (tertiary/aromatic N) is 3. The van der Waals surface area contributed by atoms with Crippen LogP contribution in [0.3, 0.4) is 0 Å². The maximum atomic E-state index is 14.0. The molecular formula is C20H31F2N5. The number of nitrogens with one attached hydrogen (secondary N) is 2. The fraction of sp³-hybridized carbons (Fsp3) is 0.650. The van der Waals surface area contributed by atoms with Crippen LogP contribution in [0, 0.1) is 17.6 Å². The van der Waals surface area contributed by atoms with Crippen molar-refractivity contribution in [2.24, 2.45) is 10.9 Å². The number of likely N-dealkylation sites (tertiary alicyclic amines) is 1. The van der Waals surface area contributed by atoms with E-state index in [1.54, 1.807) is 4.90 Å². The predicted molar refractivity (Wildman–Crippen MR) is 106 cm³/mol. The smallest absolute Gasteiger partial charge is 0.191 e. The predicted octanol–water partition coefficient (Wildman–Crippen LogP) is 2.44. The Morgan fingerprint density at radius 2 is 1.93 bits per heavy atom. The van der Waals surface area contributed by atoms with Crippen LogP contribution in [0.4, 0.5) is 14.5 Å². The molecule has 0 saturated carbocycles. The van der Waals surface area contributed by atoms with Crippen LogP contribution in [0.25, 0.3) is 0 Å². The Bertz CT molecular complexity index is 631. The third kappa shape index (κ3) is 5.09. The molecule has 27 heavy (non-hydrogen) atoms. The lowest BCUT2D eigenvalue weighted by Gasteiger charge is -2.21. The van der Waals surface area contributed by atoms with Crippen molar-refractivity contribution in [1.29, 1.82) is 0 Å². The molecule has 2 unspecified atom stereocenters. The van der Waals surface area contributed by atoms with Gasteiger partial charge in [0.25, 0.3) is 0 Å². The normalized spacial score (nSPS) is 23.9. The Kier molecular flexibility index (Phi) is 6.88. The van der Waals surface area contributed by atoms with Crippen molar-refractivity contribution in [2.45, 2.75) is 32.7 Å². The molecule has 2 atom stereocenters. The average Bonchev–Trinajstić information content (AvgIpc) is 3.29. The highest BCUT2D eigenvalue weighted by Crippen LogP contribution is 2.26. The largest absolute Gasteiger partial charge is 0.365 e. The first-order valence-electron chi connectivity index (χ1n) is 10.1. The second kappa shape index (κ2) is 9.35. The van der Waals surface area contributed by atoms with E-state index in [1.165, 1.54) is 24.6 Å². The lowest BCUT2D eigenvalue weighted by molar-refractivity contribution is 0.343. The molecule has 2 aliphatic heterocycles. The Morgan fingerprint density at radius 1 is 1.15 bits per heavy atom. The molecule has 0 amide bonds. The minimum absolute atomic E-state index is 0.0781. The van der Waals surface area contributed by atoms with Crippen LogP contribution in [0.1, 0.15) is 26.7 Å². The number of benzene rings is 1. The quantitative estimate of drug-likeness (QED) is 0.589. The number of hydrogen-bond acceptors (Lipinski definition) is 3. The maximum Gasteiger partial charge on any atom is 0.191 e. The molecule has 0 aliphatic carbocycles. The number of hydrogen-bond donors (Lipinski definition) is 2. The number of guanidine groups is 1. The molecule has 5 nitrogen and oxygen atoms in total. The molecule has 7 heteroatoms. The topological polar surface area (TPSA) is 42.9 Å². The summed E-state index contributed by atoms with van der Waals surface area (Å²) in [5.74, 6) is 0.400. The Hall–Kier alpha value is -1.89. The molecule has 0 bridgehead atoms. The van der Waals surface area contributed by atoms with Crippen molar-refractivity contribution in [1.82, 2.24) is 15.5 Å². The van der Waals surface area contributed by atoms with Crippen LogP contribution in [0.5, 0.6) is 0 Å². The highest BCUT2D eigenvalue weighted by Gasteiger charge is 2.27. The van der Waals surface area contributed by atoms with Gasteiger partial charge in [0.2, 0.25) is 0 Å². The molecule has 2 fully saturated rings. The van der Waals surface area contributed by atoms with E-state index in [-0.39, 0.29) is 11.7 Å². The summed E-state index contributed by atoms with van der Waals surface area (Å²) < 4.78 is 28.0. The van der Waals surface area contributed by atoms with E-state index >= 15 is 0 Å². The van der Waals surface area contributed by atoms with Crippen LogP contribution in [-0.2, 0) is 0 Å². The van der Waals surface area contributed by atoms with Gasteiger partial charge in [-0.1, -0.05) is 13.0 Å². The first kappa shape index (κ1) is 19.9. The zero-order valence-electron chi connectivity index (χ0n) is 16.3. The van der Waals surface area contributed by atoms with E-state index in [2.05, 4.69) is 22.5 Å². The molecule has 3 rings (SSSR count). The maximum absolute atomic E-state index is 14.0. The van der Waals surface area contributed by atoms with Crippen LogP contribution in [-0.4, -0.2) is 62.7 Å². The third-order valence-electron chi connectivity index (χ3n) is 5.45. The second-order valence-electron chi connectivity index (χ2n) is 7.41. The van der Waals surface area contributed by atoms with Gasteiger partial charge in [-0.2, -0.15) is 0 Å². The van der Waals surface area contributed by atoms with E-state index in [9.17, 15) is 8.78 Å². The average molecular weight is 379 g/mol. The first-order chi connectivity index (χ1) is 13.1. The summed E-state index contributed by atoms with van der Waals surface area (Å²) in [4.78, 5) is 9.00. The molecule has 0 radical (unpaired) electrons. The lowest BCUT2D eigenvalue weighted by atomic mass is 10.1. The summed E-state index contributed by atoms with van der Waals surface area (Å²) in [6, 6.07) is 4.15. The fourth-order valence-electron chi connectivity index (χ4n) is 3.96. The summed E-state index contributed by atoms with van der Waals surface area (Å²) in [5.41, 5.74) is 0.0781. The number of anilines is 1. The van der Waals surface area contributed by atoms with Crippen LogP contribution < -0.4 is 15.5 Å². The van der Waals surface area contributed by atoms with Crippen LogP contribution in [0.2, 0.25) is 0 Å². The fourth-order valence-corrected chi connectivity index (χ4v) is 3.96. The summed E-state index contributed by atoms with van der Waals surface area (Å²) in [5, 5.41) is 6.74. The second-order valence-corrected chi connectivity index (χ2v) is 7.41. The van der Waals surface area contributed by atoms with E-state index < -0.39 is 11.6 Å². The van der Waals surface area contributed by atoms with Crippen LogP contribution >= 0.6 is 0 Å². The molecule has 0 aromatic heterocycles. The van der Waals surface area contributed by atoms with Gasteiger partial charge in [0.15, 0.2) is 5.96 Å². The molecule has 1 aromatic carbocycles. The zero-order valence-corrected chi connectivity index (χ0v) is 16.3. The molecule has 0 spiro atoms. The zero-order chi connectivity index (χ0) is 19.2. The van der Waals surface area contributed by atoms with Gasteiger partial charge in [0.1, 0.15) is 17.3 Å². The van der Waals surface area contributed by atoms with Gasteiger partial charge in [0, 0.05) is 38.8 Å². The van der Waals surface area contributed by atoms with E-state index in [1.807, 2.05) is 6.92 Å². The first-order valence-corrected chi connectivity index (χ1v) is 10.1. The molecule has 2 saturated heterocycles. The Balaban J connectivity index is 1.57. The molecular weight excluding hydrogens is 348 g/mol. The minimum Gasteiger partial charge on any atom is -0.365 e. The molecule has 1 aromatic rings. The molecule has 150 valence electrons. The number of rotatable bonds is 6. The summed E-state index contributed by atoms with van der Waals surface area (Å²) in [6.45, 7) is 10.4. The summed E-state index contributed by atoms with van der Waals surface area (Å²) >= 11 is 0. The number of aliphatic imine (C=N–C) groups is 1. The third-order valence-corrected chi connectivity index (χ3v) is 5.45. The lowest BCUT2D eigenvalue weighted by Crippen LogP contribution is -2.45. The van der Waals surface area contributed by atoms with Gasteiger partial charge in [-0.3, -0.25) is 4.99 Å². The van der Waals surface area contributed by atoms with E-state index in [0.29, 0.717) is 19.0 Å². The van der Waals surface area contributed by atoms with Crippen molar-refractivity contribution >= 4 is 11.6 Å². The monoisotopic (exact) mass is 379 g/mol. The standard InChI is InChI=1S/C20H31F2N5/c1-3-23-20(24-12-15-8-10-26(4-2)13-15)25-16-9-11-27(14-16)19-17(21)6-5-7-18(19)22/h5-7,15-16H,3-4,8-14H2,1-2H3,(H2,23,24,25). The van der Waals surface area contributed by atoms with Gasteiger partial charge in [-0.25, -0.2) is 8.78 Å². The molecule has 2 heterocycles. The highest BCUT2D eigenvalue weighted by atomic mass is 19.1. The van der Waals surface area contributed by atoms with Gasteiger partial charge >= 0.3 is 0 Å². The SMILES string of the molecule is CCNC(=NCC1CCN(CC)C1)NC1CCN(c2c(F)cccc2F)C1. The van der Waals surface area contributed by atoms with E-state index in [0.717, 1.165) is 45.1 Å². The summed E-state index contributed by atoms with van der Waals surface area (Å²) in [7, 11) is 0. The Labute approximate surface area is 160 Å². The van der Waals surface area contributed by atoms with E-state index in [4.69, 9.17) is 4.99 Å². The van der Waals surface area contributed by atoms with Gasteiger partial charge in [0.05, 0.1) is 0 Å². The van der Waals surface area contributed by atoms with Gasteiger partial charge in [-0.05, 0) is 50.9 Å². The number of halogens is 2. The van der Waals surface area contributed by atoms with Crippen molar-refractivity contribution in [3.05, 3.63) is 29.8 Å². The highest BCUT2D eigenvalue weighted by molar-refractivity contribution is 5.80. The van der Waals surface area contributed by atoms with Crippen molar-refractivity contribution in [2.75, 3.05) is 50.7 Å². The van der Waals surface area contributed by atoms with Gasteiger partial charge in [-0.15, -0.1) is 0 Å². The van der Waals surface area contributed by atoms with Crippen molar-refractivity contribution in [3.63, 3.8) is 0 Å². The van der Waals surface area contributed by atoms with Crippen molar-refractivity contribution < 1.29 is 8.78 Å². The van der Waals surface area contributed by atoms with Crippen molar-refractivity contribution in [3.8, 4) is 0 Å². The Morgan fingerprint density at radius 3 is 2.59 bits per heavy atom. The number of para-hydroxylation sites is 1. The van der Waals surface area contributed by atoms with Gasteiger partial charge < -0.3 is 20.4 Å². The molecule has 2 aliphatic rings. The molecule has 2 N–H and O–H groups in total. The minimum atomic E-state index is -0.502.